The number of nitriles is 1. The number of rotatable bonds is 5. The molecule has 0 atom stereocenters. The largest absolute Gasteiger partial charge is 0.550 e. The summed E-state index contributed by atoms with van der Waals surface area (Å²) < 4.78 is 0.420. The number of nitrogens with zero attached hydrogens (tertiary/aromatic N) is 2. The van der Waals surface area contributed by atoms with Gasteiger partial charge in [-0.15, -0.1) is 0 Å². The van der Waals surface area contributed by atoms with Gasteiger partial charge in [-0.3, -0.25) is 9.69 Å². The second-order valence-corrected chi connectivity index (χ2v) is 6.22. The highest BCUT2D eigenvalue weighted by atomic mass is 32.2. The first-order chi connectivity index (χ1) is 10.5. The summed E-state index contributed by atoms with van der Waals surface area (Å²) >= 11 is 6.34. The minimum absolute atomic E-state index is 0.105. The highest BCUT2D eigenvalue weighted by Crippen LogP contribution is 2.32. The predicted molar refractivity (Wildman–Crippen MR) is 85.3 cm³/mol. The highest BCUT2D eigenvalue weighted by molar-refractivity contribution is 8.26. The van der Waals surface area contributed by atoms with Crippen molar-refractivity contribution in [2.45, 2.75) is 12.8 Å². The number of thiocarbonyl (C=S) groups is 1. The number of thioether (sulfide) groups is 1. The molecule has 2 rings (SSSR count). The molecule has 1 aromatic rings. The fourth-order valence-electron chi connectivity index (χ4n) is 1.88. The normalized spacial score (nSPS) is 16.1. The lowest BCUT2D eigenvalue weighted by molar-refractivity contribution is -0.305. The number of aliphatic carboxylic acids is 1. The molecule has 1 aliphatic rings. The molecule has 0 unspecified atom stereocenters. The Morgan fingerprint density at radius 2 is 2.09 bits per heavy atom. The van der Waals surface area contributed by atoms with Gasteiger partial charge in [0.1, 0.15) is 4.32 Å². The van der Waals surface area contributed by atoms with Crippen LogP contribution in [0.1, 0.15) is 24.0 Å². The second-order valence-electron chi connectivity index (χ2n) is 4.54. The number of amides is 1. The van der Waals surface area contributed by atoms with Gasteiger partial charge in [0.25, 0.3) is 5.91 Å². The SMILES string of the molecule is N#Cc1ccc(/C=C2/SC(=S)N(CCCC(=O)[O-])C2=O)cc1. The van der Waals surface area contributed by atoms with E-state index < -0.39 is 5.97 Å². The number of carboxylic acid groups (broad SMARTS) is 1. The molecule has 0 radical (unpaired) electrons. The van der Waals surface area contributed by atoms with Crippen molar-refractivity contribution in [1.29, 1.82) is 5.26 Å². The Hall–Kier alpha value is -2.17. The Balaban J connectivity index is 2.08. The van der Waals surface area contributed by atoms with Gasteiger partial charge < -0.3 is 9.90 Å². The van der Waals surface area contributed by atoms with E-state index in [1.165, 1.54) is 16.7 Å². The van der Waals surface area contributed by atoms with Crippen LogP contribution < -0.4 is 5.11 Å². The summed E-state index contributed by atoms with van der Waals surface area (Å²) in [6.07, 6.45) is 1.91. The molecular weight excluding hydrogens is 320 g/mol. The van der Waals surface area contributed by atoms with E-state index >= 15 is 0 Å². The van der Waals surface area contributed by atoms with Crippen LogP contribution in [-0.4, -0.2) is 27.6 Å². The average Bonchev–Trinajstić information content (AvgIpc) is 2.75. The zero-order valence-corrected chi connectivity index (χ0v) is 13.1. The quantitative estimate of drug-likeness (QED) is 0.597. The van der Waals surface area contributed by atoms with Crippen molar-refractivity contribution in [3.05, 3.63) is 40.3 Å². The Labute approximate surface area is 137 Å². The molecule has 112 valence electrons. The van der Waals surface area contributed by atoms with E-state index in [1.807, 2.05) is 6.07 Å². The number of carbonyl (C=O) groups excluding carboxylic acids is 2. The lowest BCUT2D eigenvalue weighted by Crippen LogP contribution is -2.30. The molecule has 1 saturated heterocycles. The van der Waals surface area contributed by atoms with Crippen LogP contribution in [0.5, 0.6) is 0 Å². The van der Waals surface area contributed by atoms with Crippen molar-refractivity contribution in [2.24, 2.45) is 0 Å². The maximum Gasteiger partial charge on any atom is 0.266 e. The molecule has 1 amide bonds. The number of benzene rings is 1. The summed E-state index contributed by atoms with van der Waals surface area (Å²) in [6.45, 7) is 0.267. The van der Waals surface area contributed by atoms with Crippen LogP contribution in [0.3, 0.4) is 0 Å². The van der Waals surface area contributed by atoms with Crippen molar-refractivity contribution in [3.8, 4) is 6.07 Å². The first-order valence-corrected chi connectivity index (χ1v) is 7.69. The van der Waals surface area contributed by atoms with Crippen molar-refractivity contribution >= 4 is 46.3 Å². The number of hydrogen-bond acceptors (Lipinski definition) is 6. The molecule has 1 aliphatic heterocycles. The lowest BCUT2D eigenvalue weighted by Gasteiger charge is -2.14. The van der Waals surface area contributed by atoms with E-state index in [1.54, 1.807) is 30.3 Å². The zero-order valence-electron chi connectivity index (χ0n) is 11.4. The van der Waals surface area contributed by atoms with Gasteiger partial charge in [-0.05, 0) is 36.6 Å². The summed E-state index contributed by atoms with van der Waals surface area (Å²) in [6, 6.07) is 8.88. The van der Waals surface area contributed by atoms with E-state index in [2.05, 4.69) is 0 Å². The smallest absolute Gasteiger partial charge is 0.266 e. The number of hydrogen-bond donors (Lipinski definition) is 0. The van der Waals surface area contributed by atoms with E-state index in [0.717, 1.165) is 5.56 Å². The highest BCUT2D eigenvalue weighted by Gasteiger charge is 2.31. The molecule has 5 nitrogen and oxygen atoms in total. The van der Waals surface area contributed by atoms with E-state index in [4.69, 9.17) is 17.5 Å². The molecule has 0 aliphatic carbocycles. The van der Waals surface area contributed by atoms with E-state index in [-0.39, 0.29) is 18.9 Å². The van der Waals surface area contributed by atoms with Crippen molar-refractivity contribution in [2.75, 3.05) is 6.54 Å². The van der Waals surface area contributed by atoms with Gasteiger partial charge in [-0.1, -0.05) is 36.1 Å². The Morgan fingerprint density at radius 3 is 2.68 bits per heavy atom. The zero-order chi connectivity index (χ0) is 16.1. The Kier molecular flexibility index (Phi) is 5.31. The maximum absolute atomic E-state index is 12.3. The molecule has 0 N–H and O–H groups in total. The molecule has 7 heteroatoms. The Morgan fingerprint density at radius 1 is 1.41 bits per heavy atom. The van der Waals surface area contributed by atoms with Crippen LogP contribution in [0.25, 0.3) is 6.08 Å². The molecule has 0 spiro atoms. The van der Waals surface area contributed by atoms with Crippen molar-refractivity contribution < 1.29 is 14.7 Å². The second kappa shape index (κ2) is 7.20. The third kappa shape index (κ3) is 3.93. The van der Waals surface area contributed by atoms with Crippen LogP contribution in [0.4, 0.5) is 0 Å². The fraction of sp³-hybridized carbons (Fsp3) is 0.200. The van der Waals surface area contributed by atoms with Gasteiger partial charge in [0, 0.05) is 12.5 Å². The lowest BCUT2D eigenvalue weighted by atomic mass is 10.1. The van der Waals surface area contributed by atoms with Gasteiger partial charge in [0.15, 0.2) is 0 Å². The first kappa shape index (κ1) is 16.2. The molecule has 0 aromatic heterocycles. The van der Waals surface area contributed by atoms with E-state index in [0.29, 0.717) is 21.2 Å². The first-order valence-electron chi connectivity index (χ1n) is 6.46. The van der Waals surface area contributed by atoms with E-state index in [9.17, 15) is 14.7 Å². The topological polar surface area (TPSA) is 84.2 Å². The monoisotopic (exact) mass is 331 g/mol. The molecule has 1 fully saturated rings. The summed E-state index contributed by atoms with van der Waals surface area (Å²) in [5.74, 6) is -1.36. The molecule has 0 bridgehead atoms. The molecule has 22 heavy (non-hydrogen) atoms. The summed E-state index contributed by atoms with van der Waals surface area (Å²) in [5.41, 5.74) is 1.35. The predicted octanol–water partition coefficient (Wildman–Crippen LogP) is 1.29. The number of carboxylic acids is 1. The van der Waals surface area contributed by atoms with Crippen LogP contribution >= 0.6 is 24.0 Å². The van der Waals surface area contributed by atoms with Crippen molar-refractivity contribution in [3.63, 3.8) is 0 Å². The van der Waals surface area contributed by atoms with Crippen LogP contribution in [-0.2, 0) is 9.59 Å². The molecule has 0 saturated carbocycles. The maximum atomic E-state index is 12.3. The van der Waals surface area contributed by atoms with Crippen LogP contribution in [0.2, 0.25) is 0 Å². The number of carbonyl (C=O) groups is 2. The van der Waals surface area contributed by atoms with Gasteiger partial charge in [0.05, 0.1) is 16.5 Å². The van der Waals surface area contributed by atoms with Gasteiger partial charge in [-0.2, -0.15) is 5.26 Å². The summed E-state index contributed by atoms with van der Waals surface area (Å²) in [7, 11) is 0. The minimum atomic E-state index is -1.14. The van der Waals surface area contributed by atoms with Gasteiger partial charge in [0.2, 0.25) is 0 Å². The molecule has 1 heterocycles. The summed E-state index contributed by atoms with van der Waals surface area (Å²) in [5, 5.41) is 19.2. The van der Waals surface area contributed by atoms with Crippen LogP contribution in [0, 0.1) is 11.3 Å². The average molecular weight is 331 g/mol. The third-order valence-corrected chi connectivity index (χ3v) is 4.35. The standard InChI is InChI=1S/C15H12N2O3S2/c16-9-11-5-3-10(4-6-11)8-12-14(20)17(15(21)22-12)7-1-2-13(18)19/h3-6,8H,1-2,7H2,(H,18,19)/p-1/b12-8+. The third-order valence-electron chi connectivity index (χ3n) is 2.97. The molecule has 1 aromatic carbocycles. The minimum Gasteiger partial charge on any atom is -0.550 e. The summed E-state index contributed by atoms with van der Waals surface area (Å²) in [4.78, 5) is 24.6. The van der Waals surface area contributed by atoms with Crippen molar-refractivity contribution in [1.82, 2.24) is 4.90 Å². The fourth-order valence-corrected chi connectivity index (χ4v) is 3.19. The van der Waals surface area contributed by atoms with Gasteiger partial charge >= 0.3 is 0 Å². The van der Waals surface area contributed by atoms with Gasteiger partial charge in [-0.25, -0.2) is 0 Å². The van der Waals surface area contributed by atoms with Crippen LogP contribution in [0.15, 0.2) is 29.2 Å². The molecular formula is C15H11N2O3S2-. The Bertz CT molecular complexity index is 690.